The van der Waals surface area contributed by atoms with Gasteiger partial charge in [-0.25, -0.2) is 9.78 Å². The highest BCUT2D eigenvalue weighted by Gasteiger charge is 2.42. The molecular weight excluding hydrogens is 576 g/mol. The fraction of sp³-hybridized carbons (Fsp3) is 0.793. The summed E-state index contributed by atoms with van der Waals surface area (Å²) in [6.45, 7) is 18.1. The number of thiazole rings is 1. The molecule has 1 amide bonds. The molecule has 5 aliphatic rings. The largest absolute Gasteiger partial charge is 0.444 e. The summed E-state index contributed by atoms with van der Waals surface area (Å²) in [6.07, 6.45) is 3.99. The third-order valence-corrected chi connectivity index (χ3v) is 10.0. The number of ether oxygens (including phenoxy) is 2. The molecule has 0 saturated carbocycles. The molecule has 2 unspecified atom stereocenters. The number of hydrogen-bond acceptors (Lipinski definition) is 11. The first kappa shape index (κ1) is 30.2. The van der Waals surface area contributed by atoms with Gasteiger partial charge in [-0.2, -0.15) is 9.97 Å². The van der Waals surface area contributed by atoms with Crippen molar-refractivity contribution in [2.45, 2.75) is 58.2 Å². The molecule has 2 atom stereocenters. The molecule has 2 aromatic rings. The molecule has 2 aromatic heterocycles. The Labute approximate surface area is 257 Å². The van der Waals surface area contributed by atoms with Gasteiger partial charge in [0.05, 0.1) is 19.8 Å². The van der Waals surface area contributed by atoms with Crippen molar-refractivity contribution in [1.29, 1.82) is 0 Å². The average Bonchev–Trinajstić information content (AvgIpc) is 3.61. The van der Waals surface area contributed by atoms with Gasteiger partial charge in [0, 0.05) is 45.3 Å². The summed E-state index contributed by atoms with van der Waals surface area (Å²) < 4.78 is 12.0. The third-order valence-electron chi connectivity index (χ3n) is 8.85. The van der Waals surface area contributed by atoms with E-state index in [4.69, 9.17) is 26.1 Å². The third kappa shape index (κ3) is 7.27. The Morgan fingerprint density at radius 3 is 2.33 bits per heavy atom. The number of nitrogens with one attached hydrogen (secondary N) is 1. The van der Waals surface area contributed by atoms with E-state index in [-0.39, 0.29) is 11.4 Å². The Balaban J connectivity index is 0.000000265. The Hall–Kier alpha value is -1.83. The SMILES string of the molecule is C1CN(C2CCNCC2)C1.CC(C)(C)OC(=O)N1CC2CN(Cc3nc4nc(Cl)nc(N5CCOCC5)c4s3)CC2C1. The van der Waals surface area contributed by atoms with Crippen LogP contribution in [0.2, 0.25) is 5.28 Å². The molecule has 13 heteroatoms. The first-order valence-electron chi connectivity index (χ1n) is 15.5. The Kier molecular flexibility index (Phi) is 9.37. The normalized spacial score (nSPS) is 25.7. The molecule has 0 spiro atoms. The molecule has 1 N–H and O–H groups in total. The van der Waals surface area contributed by atoms with Gasteiger partial charge in [0.15, 0.2) is 11.5 Å². The molecule has 0 bridgehead atoms. The zero-order chi connectivity index (χ0) is 29.3. The van der Waals surface area contributed by atoms with Gasteiger partial charge in [-0.15, -0.1) is 11.3 Å². The fourth-order valence-electron chi connectivity index (χ4n) is 6.65. The van der Waals surface area contributed by atoms with E-state index in [0.29, 0.717) is 30.7 Å². The van der Waals surface area contributed by atoms with E-state index in [2.05, 4.69) is 30.0 Å². The lowest BCUT2D eigenvalue weighted by Crippen LogP contribution is -2.49. The van der Waals surface area contributed by atoms with E-state index in [1.54, 1.807) is 11.3 Å². The molecule has 232 valence electrons. The van der Waals surface area contributed by atoms with Crippen LogP contribution in [0.3, 0.4) is 0 Å². The number of likely N-dealkylation sites (tertiary alicyclic amines) is 3. The lowest BCUT2D eigenvalue weighted by molar-refractivity contribution is 0.0274. The minimum Gasteiger partial charge on any atom is -0.444 e. The van der Waals surface area contributed by atoms with Gasteiger partial charge in [-0.05, 0) is 89.6 Å². The summed E-state index contributed by atoms with van der Waals surface area (Å²) in [4.78, 5) is 35.2. The summed E-state index contributed by atoms with van der Waals surface area (Å²) in [5.74, 6) is 1.82. The van der Waals surface area contributed by atoms with Crippen LogP contribution in [-0.2, 0) is 16.0 Å². The maximum atomic E-state index is 12.4. The highest BCUT2D eigenvalue weighted by molar-refractivity contribution is 7.19. The second-order valence-electron chi connectivity index (χ2n) is 13.1. The van der Waals surface area contributed by atoms with Crippen molar-refractivity contribution >= 4 is 45.2 Å². The van der Waals surface area contributed by atoms with Gasteiger partial charge >= 0.3 is 6.09 Å². The highest BCUT2D eigenvalue weighted by atomic mass is 35.5. The molecule has 7 heterocycles. The predicted octanol–water partition coefficient (Wildman–Crippen LogP) is 3.32. The molecule has 5 aliphatic heterocycles. The van der Waals surface area contributed by atoms with Crippen LogP contribution in [0.4, 0.5) is 10.6 Å². The Morgan fingerprint density at radius 2 is 1.71 bits per heavy atom. The number of amides is 1. The number of carbonyl (C=O) groups is 1. The molecule has 42 heavy (non-hydrogen) atoms. The number of aromatic nitrogens is 3. The summed E-state index contributed by atoms with van der Waals surface area (Å²) >= 11 is 7.85. The van der Waals surface area contributed by atoms with Gasteiger partial charge < -0.3 is 29.5 Å². The maximum absolute atomic E-state index is 12.4. The van der Waals surface area contributed by atoms with Crippen LogP contribution in [0.1, 0.15) is 45.0 Å². The molecule has 0 radical (unpaired) electrons. The minimum absolute atomic E-state index is 0.198. The number of hydrogen-bond donors (Lipinski definition) is 1. The number of carbonyl (C=O) groups excluding carboxylic acids is 1. The number of piperidine rings is 1. The van der Waals surface area contributed by atoms with Crippen LogP contribution in [0.15, 0.2) is 0 Å². The van der Waals surface area contributed by atoms with Crippen molar-refractivity contribution in [2.75, 3.05) is 83.6 Å². The summed E-state index contributed by atoms with van der Waals surface area (Å²) in [5.41, 5.74) is 0.210. The Bertz CT molecular complexity index is 1210. The monoisotopic (exact) mass is 620 g/mol. The molecular formula is C29H45ClN8O3S. The smallest absolute Gasteiger partial charge is 0.410 e. The second kappa shape index (κ2) is 13.0. The lowest BCUT2D eigenvalue weighted by Gasteiger charge is -2.40. The van der Waals surface area contributed by atoms with Crippen LogP contribution < -0.4 is 10.2 Å². The number of rotatable bonds is 4. The topological polar surface area (TPSA) is 99.2 Å². The van der Waals surface area contributed by atoms with Gasteiger partial charge in [-0.1, -0.05) is 0 Å². The zero-order valence-corrected chi connectivity index (χ0v) is 26.8. The van der Waals surface area contributed by atoms with Gasteiger partial charge in [-0.3, -0.25) is 4.90 Å². The second-order valence-corrected chi connectivity index (χ2v) is 14.6. The average molecular weight is 621 g/mol. The first-order chi connectivity index (χ1) is 20.2. The number of fused-ring (bicyclic) bond motifs is 2. The fourth-order valence-corrected chi connectivity index (χ4v) is 7.87. The summed E-state index contributed by atoms with van der Waals surface area (Å²) in [7, 11) is 0. The molecule has 0 aromatic carbocycles. The van der Waals surface area contributed by atoms with Crippen molar-refractivity contribution < 1.29 is 14.3 Å². The number of nitrogens with zero attached hydrogens (tertiary/aromatic N) is 7. The molecule has 11 nitrogen and oxygen atoms in total. The number of halogens is 1. The van der Waals surface area contributed by atoms with Crippen LogP contribution in [-0.4, -0.2) is 126 Å². The highest BCUT2D eigenvalue weighted by Crippen LogP contribution is 2.35. The number of anilines is 1. The molecule has 5 saturated heterocycles. The van der Waals surface area contributed by atoms with Crippen molar-refractivity contribution in [3.05, 3.63) is 10.3 Å². The van der Waals surface area contributed by atoms with Crippen molar-refractivity contribution in [3.63, 3.8) is 0 Å². The van der Waals surface area contributed by atoms with E-state index >= 15 is 0 Å². The maximum Gasteiger partial charge on any atom is 0.410 e. The molecule has 0 aliphatic carbocycles. The Morgan fingerprint density at radius 1 is 1.02 bits per heavy atom. The van der Waals surface area contributed by atoms with E-state index in [1.165, 1.54) is 45.4 Å². The van der Waals surface area contributed by atoms with Gasteiger partial charge in [0.2, 0.25) is 5.28 Å². The van der Waals surface area contributed by atoms with E-state index < -0.39 is 5.60 Å². The van der Waals surface area contributed by atoms with Crippen LogP contribution in [0, 0.1) is 11.8 Å². The van der Waals surface area contributed by atoms with Crippen LogP contribution in [0.5, 0.6) is 0 Å². The van der Waals surface area contributed by atoms with Gasteiger partial charge in [0.25, 0.3) is 0 Å². The van der Waals surface area contributed by atoms with Crippen LogP contribution in [0.25, 0.3) is 10.3 Å². The van der Waals surface area contributed by atoms with Crippen molar-refractivity contribution in [1.82, 2.24) is 35.0 Å². The summed E-state index contributed by atoms with van der Waals surface area (Å²) in [5, 5.41) is 4.64. The quantitative estimate of drug-likeness (QED) is 0.513. The van der Waals surface area contributed by atoms with E-state index in [0.717, 1.165) is 67.4 Å². The summed E-state index contributed by atoms with van der Waals surface area (Å²) in [6, 6.07) is 0.926. The van der Waals surface area contributed by atoms with Crippen molar-refractivity contribution in [2.24, 2.45) is 11.8 Å². The first-order valence-corrected chi connectivity index (χ1v) is 16.7. The van der Waals surface area contributed by atoms with Crippen LogP contribution >= 0.6 is 22.9 Å². The standard InChI is InChI=1S/C21H29ClN6O3S.C8H16N2/c1-21(2,3)31-20(29)28-10-13-8-26(9-14(13)11-28)12-15-23-17-16(32-15)18(25-19(22)24-17)27-4-6-30-7-5-27;1-6-10(7-1)8-2-4-9-5-3-8/h13-14H,4-12H2,1-3H3;8-9H,1-7H2. The predicted molar refractivity (Wildman–Crippen MR) is 165 cm³/mol. The van der Waals surface area contributed by atoms with Gasteiger partial charge in [0.1, 0.15) is 15.3 Å². The molecule has 5 fully saturated rings. The lowest BCUT2D eigenvalue weighted by atomic mass is 10.0. The van der Waals surface area contributed by atoms with E-state index in [9.17, 15) is 4.79 Å². The van der Waals surface area contributed by atoms with Crippen molar-refractivity contribution in [3.8, 4) is 0 Å². The molecule has 7 rings (SSSR count). The number of morpholine rings is 1. The van der Waals surface area contributed by atoms with E-state index in [1.807, 2.05) is 25.7 Å². The minimum atomic E-state index is -0.459. The zero-order valence-electron chi connectivity index (χ0n) is 25.2.